The number of likely N-dealkylation sites (N-methyl/N-ethyl adjacent to an activating group) is 1. The maximum atomic E-state index is 11.7. The molecule has 5 heteroatoms. The average molecular weight is 252 g/mol. The van der Waals surface area contributed by atoms with Crippen LogP contribution in [0, 0.1) is 0 Å². The van der Waals surface area contributed by atoms with E-state index in [-0.39, 0.29) is 5.97 Å². The monoisotopic (exact) mass is 252 g/mol. The lowest BCUT2D eigenvalue weighted by molar-refractivity contribution is 0.0601. The standard InChI is InChI=1S/C13H20N2O3/c1-4-15(8-9-17-2)12-10(13(16)18-3)6-5-7-11(12)14/h5-7H,4,8-9,14H2,1-3H3. The molecule has 18 heavy (non-hydrogen) atoms. The third-order valence-electron chi connectivity index (χ3n) is 2.74. The molecule has 100 valence electrons. The van der Waals surface area contributed by atoms with Crippen LogP contribution in [-0.2, 0) is 9.47 Å². The van der Waals surface area contributed by atoms with Crippen LogP contribution in [0.4, 0.5) is 11.4 Å². The molecule has 0 saturated heterocycles. The lowest BCUT2D eigenvalue weighted by Gasteiger charge is -2.26. The van der Waals surface area contributed by atoms with Crippen LogP contribution < -0.4 is 10.6 Å². The number of ether oxygens (including phenoxy) is 2. The zero-order valence-electron chi connectivity index (χ0n) is 11.1. The van der Waals surface area contributed by atoms with Crippen molar-refractivity contribution in [3.8, 4) is 0 Å². The van der Waals surface area contributed by atoms with E-state index in [0.717, 1.165) is 6.54 Å². The molecule has 0 spiro atoms. The third kappa shape index (κ3) is 3.13. The fourth-order valence-electron chi connectivity index (χ4n) is 1.82. The maximum Gasteiger partial charge on any atom is 0.340 e. The highest BCUT2D eigenvalue weighted by molar-refractivity contribution is 5.99. The number of para-hydroxylation sites is 1. The Morgan fingerprint density at radius 3 is 2.67 bits per heavy atom. The van der Waals surface area contributed by atoms with Gasteiger partial charge in [-0.05, 0) is 19.1 Å². The molecule has 0 aliphatic heterocycles. The van der Waals surface area contributed by atoms with Crippen LogP contribution in [0.15, 0.2) is 18.2 Å². The van der Waals surface area contributed by atoms with E-state index in [2.05, 4.69) is 0 Å². The molecule has 5 nitrogen and oxygen atoms in total. The molecule has 0 aliphatic rings. The number of carbonyl (C=O) groups excluding carboxylic acids is 1. The van der Waals surface area contributed by atoms with E-state index in [4.69, 9.17) is 15.2 Å². The number of nitrogen functional groups attached to an aromatic ring is 1. The van der Waals surface area contributed by atoms with Crippen LogP contribution in [-0.4, -0.2) is 39.9 Å². The molecular formula is C13H20N2O3. The van der Waals surface area contributed by atoms with Gasteiger partial charge in [0.25, 0.3) is 0 Å². The van der Waals surface area contributed by atoms with Crippen molar-refractivity contribution < 1.29 is 14.3 Å². The first kappa shape index (κ1) is 14.3. The number of anilines is 2. The van der Waals surface area contributed by atoms with Crippen molar-refractivity contribution in [3.63, 3.8) is 0 Å². The Morgan fingerprint density at radius 1 is 1.39 bits per heavy atom. The molecule has 0 aromatic heterocycles. The summed E-state index contributed by atoms with van der Waals surface area (Å²) in [5.74, 6) is -0.381. The molecule has 1 rings (SSSR count). The highest BCUT2D eigenvalue weighted by Gasteiger charge is 2.18. The fourth-order valence-corrected chi connectivity index (χ4v) is 1.82. The van der Waals surface area contributed by atoms with Gasteiger partial charge in [0.05, 0.1) is 30.7 Å². The summed E-state index contributed by atoms with van der Waals surface area (Å²) in [6, 6.07) is 5.24. The lowest BCUT2D eigenvalue weighted by atomic mass is 10.1. The third-order valence-corrected chi connectivity index (χ3v) is 2.74. The highest BCUT2D eigenvalue weighted by Crippen LogP contribution is 2.28. The molecule has 0 saturated carbocycles. The Balaban J connectivity index is 3.14. The number of hydrogen-bond donors (Lipinski definition) is 1. The molecule has 0 heterocycles. The van der Waals surface area contributed by atoms with Crippen molar-refractivity contribution in [2.24, 2.45) is 0 Å². The predicted molar refractivity (Wildman–Crippen MR) is 72.0 cm³/mol. The van der Waals surface area contributed by atoms with Crippen LogP contribution in [0.2, 0.25) is 0 Å². The molecule has 2 N–H and O–H groups in total. The van der Waals surface area contributed by atoms with E-state index >= 15 is 0 Å². The Hall–Kier alpha value is -1.75. The zero-order chi connectivity index (χ0) is 13.5. The topological polar surface area (TPSA) is 64.8 Å². The molecule has 0 bridgehead atoms. The second kappa shape index (κ2) is 6.86. The zero-order valence-corrected chi connectivity index (χ0v) is 11.1. The number of esters is 1. The summed E-state index contributed by atoms with van der Waals surface area (Å²) in [5, 5.41) is 0. The molecule has 0 radical (unpaired) electrons. The van der Waals surface area contributed by atoms with Gasteiger partial charge >= 0.3 is 5.97 Å². The summed E-state index contributed by atoms with van der Waals surface area (Å²) in [6.45, 7) is 3.98. The first-order chi connectivity index (χ1) is 8.65. The van der Waals surface area contributed by atoms with Gasteiger partial charge in [-0.2, -0.15) is 0 Å². The summed E-state index contributed by atoms with van der Waals surface area (Å²) < 4.78 is 9.84. The fraction of sp³-hybridized carbons (Fsp3) is 0.462. The number of hydrogen-bond acceptors (Lipinski definition) is 5. The Kier molecular flexibility index (Phi) is 5.45. The molecule has 1 aromatic rings. The van der Waals surface area contributed by atoms with Crippen molar-refractivity contribution in [3.05, 3.63) is 23.8 Å². The van der Waals surface area contributed by atoms with Crippen molar-refractivity contribution in [1.29, 1.82) is 0 Å². The molecule has 0 aliphatic carbocycles. The number of nitrogens with zero attached hydrogens (tertiary/aromatic N) is 1. The lowest BCUT2D eigenvalue weighted by Crippen LogP contribution is -2.29. The average Bonchev–Trinajstić information content (AvgIpc) is 2.40. The Bertz CT molecular complexity index is 407. The van der Waals surface area contributed by atoms with Crippen LogP contribution in [0.3, 0.4) is 0 Å². The maximum absolute atomic E-state index is 11.7. The van der Waals surface area contributed by atoms with E-state index in [1.807, 2.05) is 11.8 Å². The van der Waals surface area contributed by atoms with Crippen LogP contribution >= 0.6 is 0 Å². The van der Waals surface area contributed by atoms with Crippen molar-refractivity contribution in [2.45, 2.75) is 6.92 Å². The van der Waals surface area contributed by atoms with Gasteiger partial charge in [-0.1, -0.05) is 6.07 Å². The van der Waals surface area contributed by atoms with Gasteiger partial charge in [-0.25, -0.2) is 4.79 Å². The molecule has 0 fully saturated rings. The molecule has 0 unspecified atom stereocenters. The van der Waals surface area contributed by atoms with E-state index in [1.165, 1.54) is 7.11 Å². The minimum absolute atomic E-state index is 0.381. The second-order valence-electron chi connectivity index (χ2n) is 3.81. The molecular weight excluding hydrogens is 232 g/mol. The Morgan fingerprint density at radius 2 is 2.11 bits per heavy atom. The van der Waals surface area contributed by atoms with Gasteiger partial charge in [0.15, 0.2) is 0 Å². The van der Waals surface area contributed by atoms with Crippen molar-refractivity contribution in [2.75, 3.05) is 44.5 Å². The van der Waals surface area contributed by atoms with Crippen LogP contribution in [0.1, 0.15) is 17.3 Å². The SMILES string of the molecule is CCN(CCOC)c1c(N)cccc1C(=O)OC. The summed E-state index contributed by atoms with van der Waals surface area (Å²) in [6.07, 6.45) is 0. The van der Waals surface area contributed by atoms with Gasteiger partial charge in [-0.3, -0.25) is 0 Å². The van der Waals surface area contributed by atoms with E-state index in [1.54, 1.807) is 25.3 Å². The number of methoxy groups -OCH3 is 2. The predicted octanol–water partition coefficient (Wildman–Crippen LogP) is 1.53. The first-order valence-corrected chi connectivity index (χ1v) is 5.86. The summed E-state index contributed by atoms with van der Waals surface area (Å²) >= 11 is 0. The highest BCUT2D eigenvalue weighted by atomic mass is 16.5. The normalized spacial score (nSPS) is 10.2. The molecule has 1 aromatic carbocycles. The van der Waals surface area contributed by atoms with Gasteiger partial charge < -0.3 is 20.1 Å². The minimum Gasteiger partial charge on any atom is -0.465 e. The smallest absolute Gasteiger partial charge is 0.340 e. The molecule has 0 amide bonds. The Labute approximate surface area is 107 Å². The second-order valence-corrected chi connectivity index (χ2v) is 3.81. The van der Waals surface area contributed by atoms with Gasteiger partial charge in [0.2, 0.25) is 0 Å². The van der Waals surface area contributed by atoms with Gasteiger partial charge in [-0.15, -0.1) is 0 Å². The molecule has 0 atom stereocenters. The van der Waals surface area contributed by atoms with Crippen molar-refractivity contribution >= 4 is 17.3 Å². The van der Waals surface area contributed by atoms with E-state index < -0.39 is 0 Å². The van der Waals surface area contributed by atoms with Crippen molar-refractivity contribution in [1.82, 2.24) is 0 Å². The number of carbonyl (C=O) groups is 1. The van der Waals surface area contributed by atoms with Crippen LogP contribution in [0.25, 0.3) is 0 Å². The van der Waals surface area contributed by atoms with Gasteiger partial charge in [0.1, 0.15) is 0 Å². The number of rotatable bonds is 6. The first-order valence-electron chi connectivity index (χ1n) is 5.86. The van der Waals surface area contributed by atoms with Gasteiger partial charge in [0, 0.05) is 20.2 Å². The summed E-state index contributed by atoms with van der Waals surface area (Å²) in [4.78, 5) is 13.8. The summed E-state index contributed by atoms with van der Waals surface area (Å²) in [5.41, 5.74) is 7.73. The number of benzene rings is 1. The number of nitrogens with two attached hydrogens (primary N) is 1. The summed E-state index contributed by atoms with van der Waals surface area (Å²) in [7, 11) is 3.00. The van der Waals surface area contributed by atoms with E-state index in [0.29, 0.717) is 30.1 Å². The van der Waals surface area contributed by atoms with Crippen LogP contribution in [0.5, 0.6) is 0 Å². The quantitative estimate of drug-likeness (QED) is 0.614. The minimum atomic E-state index is -0.381. The van der Waals surface area contributed by atoms with E-state index in [9.17, 15) is 4.79 Å². The largest absolute Gasteiger partial charge is 0.465 e.